The number of hydrogen-bond acceptors (Lipinski definition) is 3. The van der Waals surface area contributed by atoms with Crippen molar-refractivity contribution < 1.29 is 9.47 Å². The molecule has 0 unspecified atom stereocenters. The van der Waals surface area contributed by atoms with Crippen LogP contribution in [-0.4, -0.2) is 31.2 Å². The topological polar surface area (TPSA) is 21.7 Å². The highest BCUT2D eigenvalue weighted by Crippen LogP contribution is 2.27. The van der Waals surface area contributed by atoms with Gasteiger partial charge in [0.2, 0.25) is 0 Å². The van der Waals surface area contributed by atoms with E-state index in [1.807, 2.05) is 26.0 Å². The molecule has 0 bridgehead atoms. The third-order valence-electron chi connectivity index (χ3n) is 3.49. The Kier molecular flexibility index (Phi) is 5.52. The molecule has 0 saturated carbocycles. The van der Waals surface area contributed by atoms with Crippen LogP contribution in [0.3, 0.4) is 0 Å². The lowest BCUT2D eigenvalue weighted by Crippen LogP contribution is -2.29. The third kappa shape index (κ3) is 4.13. The Balaban J connectivity index is 2.08. The van der Waals surface area contributed by atoms with Crippen molar-refractivity contribution in [3.8, 4) is 11.5 Å². The third-order valence-corrected chi connectivity index (χ3v) is 3.49. The number of nitrogens with zero attached hydrogens (tertiary/aromatic N) is 1. The van der Waals surface area contributed by atoms with Gasteiger partial charge in [0.25, 0.3) is 0 Å². The number of piperidine rings is 1. The molecule has 3 nitrogen and oxygen atoms in total. The predicted molar refractivity (Wildman–Crippen MR) is 77.9 cm³/mol. The van der Waals surface area contributed by atoms with Gasteiger partial charge in [-0.2, -0.15) is 0 Å². The van der Waals surface area contributed by atoms with Crippen molar-refractivity contribution in [1.29, 1.82) is 0 Å². The van der Waals surface area contributed by atoms with Crippen LogP contribution >= 0.6 is 0 Å². The molecule has 1 aliphatic heterocycles. The van der Waals surface area contributed by atoms with Crippen LogP contribution in [0.25, 0.3) is 0 Å². The van der Waals surface area contributed by atoms with E-state index in [9.17, 15) is 0 Å². The van der Waals surface area contributed by atoms with E-state index in [1.54, 1.807) is 0 Å². The van der Waals surface area contributed by atoms with Crippen molar-refractivity contribution in [1.82, 2.24) is 4.90 Å². The highest BCUT2D eigenvalue weighted by Gasteiger charge is 2.13. The van der Waals surface area contributed by atoms with E-state index in [0.717, 1.165) is 18.0 Å². The van der Waals surface area contributed by atoms with Gasteiger partial charge in [-0.25, -0.2) is 0 Å². The zero-order valence-corrected chi connectivity index (χ0v) is 12.2. The van der Waals surface area contributed by atoms with E-state index >= 15 is 0 Å². The fraction of sp³-hybridized carbons (Fsp3) is 0.625. The van der Waals surface area contributed by atoms with E-state index in [4.69, 9.17) is 9.47 Å². The Bertz CT molecular complexity index is 386. The van der Waals surface area contributed by atoms with Crippen molar-refractivity contribution >= 4 is 0 Å². The smallest absolute Gasteiger partial charge is 0.127 e. The summed E-state index contributed by atoms with van der Waals surface area (Å²) in [6.45, 7) is 8.82. The molecule has 3 heteroatoms. The minimum atomic E-state index is 0.692. The molecule has 0 aromatic heterocycles. The van der Waals surface area contributed by atoms with Crippen LogP contribution in [0.1, 0.15) is 38.7 Å². The summed E-state index contributed by atoms with van der Waals surface area (Å²) in [5.74, 6) is 1.87. The van der Waals surface area contributed by atoms with Gasteiger partial charge < -0.3 is 9.47 Å². The molecule has 0 amide bonds. The molecule has 0 spiro atoms. The molecule has 2 rings (SSSR count). The first-order chi connectivity index (χ1) is 9.33. The van der Waals surface area contributed by atoms with Gasteiger partial charge in [0.1, 0.15) is 11.5 Å². The minimum Gasteiger partial charge on any atom is -0.494 e. The normalized spacial score (nSPS) is 16.3. The van der Waals surface area contributed by atoms with E-state index in [-0.39, 0.29) is 0 Å². The largest absolute Gasteiger partial charge is 0.494 e. The summed E-state index contributed by atoms with van der Waals surface area (Å²) in [5.41, 5.74) is 1.27. The van der Waals surface area contributed by atoms with Gasteiger partial charge in [0.15, 0.2) is 0 Å². The molecule has 0 aliphatic carbocycles. The van der Waals surface area contributed by atoms with Crippen LogP contribution in [0.15, 0.2) is 18.2 Å². The molecule has 1 heterocycles. The van der Waals surface area contributed by atoms with Crippen LogP contribution in [0.5, 0.6) is 11.5 Å². The van der Waals surface area contributed by atoms with Crippen molar-refractivity contribution in [2.45, 2.75) is 39.7 Å². The summed E-state index contributed by atoms with van der Waals surface area (Å²) in [4.78, 5) is 2.52. The van der Waals surface area contributed by atoms with Gasteiger partial charge >= 0.3 is 0 Å². The summed E-state index contributed by atoms with van der Waals surface area (Å²) in [7, 11) is 0. The van der Waals surface area contributed by atoms with Gasteiger partial charge in [-0.3, -0.25) is 4.90 Å². The summed E-state index contributed by atoms with van der Waals surface area (Å²) in [5, 5.41) is 0. The monoisotopic (exact) mass is 263 g/mol. The first-order valence-corrected chi connectivity index (χ1v) is 7.44. The molecule has 1 saturated heterocycles. The fourth-order valence-corrected chi connectivity index (χ4v) is 2.57. The molecule has 1 fully saturated rings. The Labute approximate surface area is 116 Å². The number of likely N-dealkylation sites (tertiary alicyclic amines) is 1. The van der Waals surface area contributed by atoms with Gasteiger partial charge in [-0.15, -0.1) is 0 Å². The highest BCUT2D eigenvalue weighted by atomic mass is 16.5. The summed E-state index contributed by atoms with van der Waals surface area (Å²) in [6, 6.07) is 6.21. The molecule has 1 aromatic carbocycles. The van der Waals surface area contributed by atoms with E-state index in [2.05, 4.69) is 11.0 Å². The average molecular weight is 263 g/mol. The lowest BCUT2D eigenvalue weighted by molar-refractivity contribution is 0.216. The zero-order valence-electron chi connectivity index (χ0n) is 12.2. The van der Waals surface area contributed by atoms with Gasteiger partial charge in [-0.05, 0) is 45.8 Å². The minimum absolute atomic E-state index is 0.692. The second-order valence-electron chi connectivity index (χ2n) is 4.97. The van der Waals surface area contributed by atoms with Crippen molar-refractivity contribution in [2.75, 3.05) is 26.3 Å². The summed E-state index contributed by atoms with van der Waals surface area (Å²) < 4.78 is 11.3. The van der Waals surface area contributed by atoms with Crippen LogP contribution in [0, 0.1) is 0 Å². The van der Waals surface area contributed by atoms with Crippen molar-refractivity contribution in [3.05, 3.63) is 23.8 Å². The van der Waals surface area contributed by atoms with Crippen LogP contribution in [0.2, 0.25) is 0 Å². The molecule has 1 aromatic rings. The second-order valence-corrected chi connectivity index (χ2v) is 4.97. The molecule has 19 heavy (non-hydrogen) atoms. The number of rotatable bonds is 6. The fourth-order valence-electron chi connectivity index (χ4n) is 2.57. The Morgan fingerprint density at radius 2 is 1.74 bits per heavy atom. The Hall–Kier alpha value is -1.22. The standard InChI is InChI=1S/C16H25NO2/c1-3-18-15-9-8-14(16(12-15)19-4-2)13-17-10-6-5-7-11-17/h8-9,12H,3-7,10-11,13H2,1-2H3. The SMILES string of the molecule is CCOc1ccc(CN2CCCCC2)c(OCC)c1. The molecule has 0 radical (unpaired) electrons. The Morgan fingerprint density at radius 1 is 1.00 bits per heavy atom. The summed E-state index contributed by atoms with van der Waals surface area (Å²) >= 11 is 0. The van der Waals surface area contributed by atoms with E-state index in [0.29, 0.717) is 13.2 Å². The van der Waals surface area contributed by atoms with Crippen LogP contribution < -0.4 is 9.47 Å². The number of ether oxygens (including phenoxy) is 2. The molecule has 1 aliphatic rings. The van der Waals surface area contributed by atoms with E-state index in [1.165, 1.54) is 37.9 Å². The maximum absolute atomic E-state index is 5.76. The molecule has 0 atom stereocenters. The maximum Gasteiger partial charge on any atom is 0.127 e. The van der Waals surface area contributed by atoms with Gasteiger partial charge in [0.05, 0.1) is 13.2 Å². The predicted octanol–water partition coefficient (Wildman–Crippen LogP) is 3.47. The second kappa shape index (κ2) is 7.39. The van der Waals surface area contributed by atoms with Crippen LogP contribution in [0.4, 0.5) is 0 Å². The zero-order chi connectivity index (χ0) is 13.5. The lowest BCUT2D eigenvalue weighted by atomic mass is 10.1. The van der Waals surface area contributed by atoms with Crippen molar-refractivity contribution in [2.24, 2.45) is 0 Å². The average Bonchev–Trinajstić information content (AvgIpc) is 2.43. The molecule has 106 valence electrons. The van der Waals surface area contributed by atoms with Crippen LogP contribution in [-0.2, 0) is 6.54 Å². The number of benzene rings is 1. The molecular weight excluding hydrogens is 238 g/mol. The summed E-state index contributed by atoms with van der Waals surface area (Å²) in [6.07, 6.45) is 4.01. The first-order valence-electron chi connectivity index (χ1n) is 7.44. The quantitative estimate of drug-likeness (QED) is 0.784. The van der Waals surface area contributed by atoms with Gasteiger partial charge in [-0.1, -0.05) is 12.5 Å². The van der Waals surface area contributed by atoms with E-state index < -0.39 is 0 Å². The van der Waals surface area contributed by atoms with Crippen molar-refractivity contribution in [3.63, 3.8) is 0 Å². The number of hydrogen-bond donors (Lipinski definition) is 0. The highest BCUT2D eigenvalue weighted by molar-refractivity contribution is 5.40. The lowest BCUT2D eigenvalue weighted by Gasteiger charge is -2.27. The maximum atomic E-state index is 5.76. The first kappa shape index (κ1) is 14.2. The Morgan fingerprint density at radius 3 is 2.42 bits per heavy atom. The molecule has 0 N–H and O–H groups in total. The molecular formula is C16H25NO2. The van der Waals surface area contributed by atoms with Gasteiger partial charge in [0, 0.05) is 18.2 Å².